The van der Waals surface area contributed by atoms with Crippen LogP contribution in [0.5, 0.6) is 0 Å². The molecule has 1 heterocycles. The summed E-state index contributed by atoms with van der Waals surface area (Å²) in [7, 11) is -3.75. The topological polar surface area (TPSA) is 126 Å². The summed E-state index contributed by atoms with van der Waals surface area (Å²) < 4.78 is 32.7. The Kier molecular flexibility index (Phi) is 8.20. The van der Waals surface area contributed by atoms with Gasteiger partial charge in [-0.1, -0.05) is 30.3 Å². The lowest BCUT2D eigenvalue weighted by Gasteiger charge is -2.23. The number of hydrogen-bond donors (Lipinski definition) is 3. The number of rotatable bonds is 7. The van der Waals surface area contributed by atoms with Crippen LogP contribution in [0.15, 0.2) is 53.6 Å². The average Bonchev–Trinajstić information content (AvgIpc) is 2.65. The fourth-order valence-electron chi connectivity index (χ4n) is 2.80. The number of carbonyl (C=O) groups excluding carboxylic acids is 2. The Morgan fingerprint density at radius 2 is 1.64 bits per heavy atom. The molecule has 2 rings (SSSR count). The van der Waals surface area contributed by atoms with E-state index in [4.69, 9.17) is 4.74 Å². The number of anilines is 1. The first-order valence-electron chi connectivity index (χ1n) is 10.5. The molecule has 0 aliphatic carbocycles. The number of pyridine rings is 1. The maximum absolute atomic E-state index is 12.9. The molecule has 3 N–H and O–H groups in total. The molecule has 0 radical (unpaired) electrons. The third-order valence-electron chi connectivity index (χ3n) is 4.03. The number of nitrogens with one attached hydrogen (secondary N) is 3. The van der Waals surface area contributed by atoms with Crippen molar-refractivity contribution in [3.05, 3.63) is 54.2 Å². The SMILES string of the molecule is CC(C)(C)NS(=O)(=O)c1ccc(NC(=O)C(Cc2ccccc2)NC(=O)OC(C)(C)C)nc1. The summed E-state index contributed by atoms with van der Waals surface area (Å²) in [5.41, 5.74) is -0.526. The smallest absolute Gasteiger partial charge is 0.408 e. The van der Waals surface area contributed by atoms with Gasteiger partial charge in [-0.05, 0) is 59.2 Å². The Morgan fingerprint density at radius 1 is 1.00 bits per heavy atom. The van der Waals surface area contributed by atoms with Gasteiger partial charge in [0.1, 0.15) is 22.4 Å². The van der Waals surface area contributed by atoms with Gasteiger partial charge >= 0.3 is 6.09 Å². The van der Waals surface area contributed by atoms with Crippen molar-refractivity contribution in [3.8, 4) is 0 Å². The predicted molar refractivity (Wildman–Crippen MR) is 126 cm³/mol. The zero-order chi connectivity index (χ0) is 24.9. The highest BCUT2D eigenvalue weighted by Gasteiger charge is 2.26. The van der Waals surface area contributed by atoms with E-state index in [1.54, 1.807) is 41.5 Å². The largest absolute Gasteiger partial charge is 0.444 e. The fourth-order valence-corrected chi connectivity index (χ4v) is 4.16. The lowest BCUT2D eigenvalue weighted by molar-refractivity contribution is -0.118. The lowest BCUT2D eigenvalue weighted by Crippen LogP contribution is -2.47. The second kappa shape index (κ2) is 10.3. The molecule has 0 spiro atoms. The predicted octanol–water partition coefficient (Wildman–Crippen LogP) is 3.23. The molecule has 0 bridgehead atoms. The minimum atomic E-state index is -3.75. The average molecular weight is 477 g/mol. The molecule has 2 amide bonds. The Morgan fingerprint density at radius 3 is 2.15 bits per heavy atom. The molecule has 0 aliphatic heterocycles. The maximum atomic E-state index is 12.9. The summed E-state index contributed by atoms with van der Waals surface area (Å²) in [5, 5.41) is 5.22. The first-order chi connectivity index (χ1) is 15.1. The summed E-state index contributed by atoms with van der Waals surface area (Å²) in [6, 6.07) is 11.0. The number of hydrogen-bond acceptors (Lipinski definition) is 6. The van der Waals surface area contributed by atoms with E-state index in [0.29, 0.717) is 0 Å². The van der Waals surface area contributed by atoms with Crippen LogP contribution >= 0.6 is 0 Å². The highest BCUT2D eigenvalue weighted by atomic mass is 32.2. The first kappa shape index (κ1) is 26.3. The van der Waals surface area contributed by atoms with Crippen LogP contribution in [-0.4, -0.2) is 42.6 Å². The van der Waals surface area contributed by atoms with Gasteiger partial charge in [0.15, 0.2) is 0 Å². The van der Waals surface area contributed by atoms with Crippen LogP contribution in [0.4, 0.5) is 10.6 Å². The summed E-state index contributed by atoms with van der Waals surface area (Å²) in [6.07, 6.45) is 0.673. The number of nitrogens with zero attached hydrogens (tertiary/aromatic N) is 1. The molecule has 33 heavy (non-hydrogen) atoms. The number of benzene rings is 1. The minimum Gasteiger partial charge on any atom is -0.444 e. The summed E-state index contributed by atoms with van der Waals surface area (Å²) in [6.45, 7) is 10.4. The van der Waals surface area contributed by atoms with Gasteiger partial charge in [0.05, 0.1) is 0 Å². The third-order valence-corrected chi connectivity index (χ3v) is 5.77. The van der Waals surface area contributed by atoms with E-state index in [-0.39, 0.29) is 17.1 Å². The van der Waals surface area contributed by atoms with E-state index in [0.717, 1.165) is 11.8 Å². The molecule has 0 saturated carbocycles. The van der Waals surface area contributed by atoms with Gasteiger partial charge in [0.25, 0.3) is 0 Å². The van der Waals surface area contributed by atoms with Crippen molar-refractivity contribution in [1.82, 2.24) is 15.0 Å². The Hall–Kier alpha value is -2.98. The van der Waals surface area contributed by atoms with Gasteiger partial charge in [-0.25, -0.2) is 22.9 Å². The molecule has 1 aromatic heterocycles. The Labute approximate surface area is 195 Å². The molecule has 10 heteroatoms. The Balaban J connectivity index is 2.16. The third kappa shape index (κ3) is 9.19. The molecule has 2 aromatic rings. The van der Waals surface area contributed by atoms with Gasteiger partial charge in [-0.3, -0.25) is 4.79 Å². The minimum absolute atomic E-state index is 0.0249. The van der Waals surface area contributed by atoms with E-state index in [1.165, 1.54) is 12.1 Å². The van der Waals surface area contributed by atoms with Crippen molar-refractivity contribution in [2.24, 2.45) is 0 Å². The van der Waals surface area contributed by atoms with Crippen molar-refractivity contribution in [1.29, 1.82) is 0 Å². The molecule has 0 saturated heterocycles. The van der Waals surface area contributed by atoms with Crippen LogP contribution in [0, 0.1) is 0 Å². The normalized spacial score (nSPS) is 13.2. The van der Waals surface area contributed by atoms with Crippen LogP contribution in [0.25, 0.3) is 0 Å². The summed E-state index contributed by atoms with van der Waals surface area (Å²) in [4.78, 5) is 29.2. The molecular weight excluding hydrogens is 444 g/mol. The van der Waals surface area contributed by atoms with Crippen molar-refractivity contribution >= 4 is 27.8 Å². The standard InChI is InChI=1S/C23H32N4O5S/c1-22(2,3)27-33(30,31)17-12-13-19(24-15-17)26-20(28)18(14-16-10-8-7-9-11-16)25-21(29)32-23(4,5)6/h7-13,15,18,27H,14H2,1-6H3,(H,25,29)(H,24,26,28). The van der Waals surface area contributed by atoms with E-state index >= 15 is 0 Å². The highest BCUT2D eigenvalue weighted by Crippen LogP contribution is 2.15. The number of amides is 2. The highest BCUT2D eigenvalue weighted by molar-refractivity contribution is 7.89. The van der Waals surface area contributed by atoms with Crippen LogP contribution in [-0.2, 0) is 26.0 Å². The molecule has 1 atom stereocenters. The quantitative estimate of drug-likeness (QED) is 0.563. The maximum Gasteiger partial charge on any atom is 0.408 e. The number of alkyl carbamates (subject to hydrolysis) is 1. The van der Waals surface area contributed by atoms with Crippen molar-refractivity contribution in [3.63, 3.8) is 0 Å². The second-order valence-corrected chi connectivity index (χ2v) is 11.3. The van der Waals surface area contributed by atoms with Gasteiger partial charge < -0.3 is 15.4 Å². The summed E-state index contributed by atoms with van der Waals surface area (Å²) in [5.74, 6) is -0.362. The van der Waals surface area contributed by atoms with Crippen LogP contribution in [0.3, 0.4) is 0 Å². The second-order valence-electron chi connectivity index (χ2n) is 9.61. The van der Waals surface area contributed by atoms with Gasteiger partial charge in [0.2, 0.25) is 15.9 Å². The zero-order valence-electron chi connectivity index (χ0n) is 19.8. The van der Waals surface area contributed by atoms with Crippen molar-refractivity contribution < 1.29 is 22.7 Å². The molecule has 1 aromatic carbocycles. The molecular formula is C23H32N4O5S. The van der Waals surface area contributed by atoms with Crippen LogP contribution < -0.4 is 15.4 Å². The molecule has 0 aliphatic rings. The zero-order valence-corrected chi connectivity index (χ0v) is 20.6. The molecule has 0 fully saturated rings. The van der Waals surface area contributed by atoms with Gasteiger partial charge in [-0.2, -0.15) is 0 Å². The monoisotopic (exact) mass is 476 g/mol. The summed E-state index contributed by atoms with van der Waals surface area (Å²) >= 11 is 0. The molecule has 1 unspecified atom stereocenters. The van der Waals surface area contributed by atoms with E-state index in [2.05, 4.69) is 20.3 Å². The molecule has 9 nitrogen and oxygen atoms in total. The van der Waals surface area contributed by atoms with Gasteiger partial charge in [0, 0.05) is 18.2 Å². The number of carbonyl (C=O) groups is 2. The fraction of sp³-hybridized carbons (Fsp3) is 0.435. The van der Waals surface area contributed by atoms with Gasteiger partial charge in [-0.15, -0.1) is 0 Å². The number of aromatic nitrogens is 1. The number of ether oxygens (including phenoxy) is 1. The van der Waals surface area contributed by atoms with E-state index in [1.807, 2.05) is 30.3 Å². The van der Waals surface area contributed by atoms with Crippen LogP contribution in [0.1, 0.15) is 47.1 Å². The lowest BCUT2D eigenvalue weighted by atomic mass is 10.1. The van der Waals surface area contributed by atoms with Crippen molar-refractivity contribution in [2.75, 3.05) is 5.32 Å². The number of sulfonamides is 1. The Bertz CT molecular complexity index is 1060. The van der Waals surface area contributed by atoms with E-state index < -0.39 is 39.2 Å². The van der Waals surface area contributed by atoms with Crippen LogP contribution in [0.2, 0.25) is 0 Å². The van der Waals surface area contributed by atoms with Crippen molar-refractivity contribution in [2.45, 2.75) is 70.0 Å². The molecule has 180 valence electrons. The van der Waals surface area contributed by atoms with E-state index in [9.17, 15) is 18.0 Å². The first-order valence-corrected chi connectivity index (χ1v) is 12.0.